The lowest BCUT2D eigenvalue weighted by Gasteiger charge is -2.01. The first-order chi connectivity index (χ1) is 6.79. The Balaban J connectivity index is 2.08. The van der Waals surface area contributed by atoms with E-state index in [0.717, 1.165) is 18.6 Å². The van der Waals surface area contributed by atoms with E-state index in [1.54, 1.807) is 0 Å². The van der Waals surface area contributed by atoms with Gasteiger partial charge in [-0.25, -0.2) is 4.79 Å². The van der Waals surface area contributed by atoms with Gasteiger partial charge in [-0.05, 0) is 30.4 Å². The Kier molecular flexibility index (Phi) is 4.93. The topological polar surface area (TPSA) is 55.1 Å². The van der Waals surface area contributed by atoms with E-state index in [1.807, 2.05) is 18.2 Å². The summed E-state index contributed by atoms with van der Waals surface area (Å²) in [7, 11) is 0. The second-order valence-corrected chi connectivity index (χ2v) is 3.80. The van der Waals surface area contributed by atoms with Crippen LogP contribution in [0.15, 0.2) is 30.3 Å². The number of benzene rings is 1. The Bertz CT molecular complexity index is 277. The highest BCUT2D eigenvalue weighted by molar-refractivity contribution is 7.97. The molecule has 4 heteroatoms. The maximum absolute atomic E-state index is 10.3. The van der Waals surface area contributed by atoms with Crippen molar-refractivity contribution in [1.29, 1.82) is 0 Å². The maximum Gasteiger partial charge on any atom is 0.322 e. The lowest BCUT2D eigenvalue weighted by atomic mass is 10.1. The van der Waals surface area contributed by atoms with Gasteiger partial charge in [0.15, 0.2) is 0 Å². The van der Waals surface area contributed by atoms with E-state index in [-0.39, 0.29) is 0 Å². The Morgan fingerprint density at radius 1 is 1.36 bits per heavy atom. The van der Waals surface area contributed by atoms with Crippen molar-refractivity contribution in [2.75, 3.05) is 5.75 Å². The molecule has 1 rings (SSSR count). The van der Waals surface area contributed by atoms with E-state index in [9.17, 15) is 4.79 Å². The average molecular weight is 210 g/mol. The van der Waals surface area contributed by atoms with Crippen LogP contribution in [0, 0.1) is 0 Å². The van der Waals surface area contributed by atoms with Crippen molar-refractivity contribution in [1.82, 2.24) is 4.72 Å². The third-order valence-corrected chi connectivity index (χ3v) is 2.57. The molecule has 0 spiro atoms. The Morgan fingerprint density at radius 2 is 2.07 bits per heavy atom. The molecule has 0 bridgehead atoms. The van der Waals surface area contributed by atoms with E-state index in [2.05, 4.69) is 16.9 Å². The number of carbonyl (C=O) groups is 1. The fourth-order valence-electron chi connectivity index (χ4n) is 1.12. The van der Waals surface area contributed by atoms with Crippen LogP contribution in [0.5, 0.6) is 0 Å². The lowest BCUT2D eigenvalue weighted by Crippen LogP contribution is -2.23. The predicted octanol–water partition coefficient (Wildman–Crippen LogP) is 1.94. The highest BCUT2D eigenvalue weighted by Crippen LogP contribution is 2.05. The molecule has 0 heterocycles. The van der Waals surface area contributed by atoms with Crippen LogP contribution >= 0.6 is 11.9 Å². The summed E-state index contributed by atoms with van der Waals surface area (Å²) in [6.07, 6.45) is 2.07. The quantitative estimate of drug-likeness (QED) is 0.576. The van der Waals surface area contributed by atoms with Gasteiger partial charge < -0.3 is 5.73 Å². The summed E-state index contributed by atoms with van der Waals surface area (Å²) < 4.78 is 2.49. The normalized spacial score (nSPS) is 9.71. The van der Waals surface area contributed by atoms with E-state index < -0.39 is 6.03 Å². The second kappa shape index (κ2) is 6.32. The van der Waals surface area contributed by atoms with Crippen molar-refractivity contribution in [3.8, 4) is 0 Å². The van der Waals surface area contributed by atoms with Crippen LogP contribution < -0.4 is 10.5 Å². The molecule has 0 aliphatic carbocycles. The summed E-state index contributed by atoms with van der Waals surface area (Å²) in [5, 5.41) is 0. The van der Waals surface area contributed by atoms with Crippen molar-refractivity contribution in [3.05, 3.63) is 35.9 Å². The largest absolute Gasteiger partial charge is 0.351 e. The van der Waals surface area contributed by atoms with E-state index >= 15 is 0 Å². The molecule has 3 nitrogen and oxygen atoms in total. The molecule has 0 radical (unpaired) electrons. The smallest absolute Gasteiger partial charge is 0.322 e. The molecule has 1 aromatic carbocycles. The third-order valence-electron chi connectivity index (χ3n) is 1.73. The molecule has 2 amide bonds. The van der Waals surface area contributed by atoms with E-state index in [0.29, 0.717) is 0 Å². The molecule has 0 fully saturated rings. The van der Waals surface area contributed by atoms with Gasteiger partial charge in [0.05, 0.1) is 0 Å². The van der Waals surface area contributed by atoms with Crippen molar-refractivity contribution in [2.24, 2.45) is 5.73 Å². The molecule has 76 valence electrons. The molecule has 1 aromatic rings. The van der Waals surface area contributed by atoms with Crippen LogP contribution in [0.25, 0.3) is 0 Å². The zero-order valence-corrected chi connectivity index (χ0v) is 8.72. The fraction of sp³-hybridized carbons (Fsp3) is 0.300. The van der Waals surface area contributed by atoms with Gasteiger partial charge >= 0.3 is 6.03 Å². The summed E-state index contributed by atoms with van der Waals surface area (Å²) in [6.45, 7) is 0. The molecule has 0 aliphatic heterocycles. The van der Waals surface area contributed by atoms with Crippen LogP contribution in [-0.2, 0) is 6.42 Å². The molecule has 0 saturated heterocycles. The number of hydrogen-bond donors (Lipinski definition) is 2. The first-order valence-electron chi connectivity index (χ1n) is 4.50. The Labute approximate surface area is 88.2 Å². The molecule has 0 aliphatic rings. The summed E-state index contributed by atoms with van der Waals surface area (Å²) in [5.41, 5.74) is 6.24. The van der Waals surface area contributed by atoms with Crippen LogP contribution in [0.1, 0.15) is 12.0 Å². The molecular formula is C10H14N2OS. The van der Waals surface area contributed by atoms with Crippen LogP contribution in [0.4, 0.5) is 4.79 Å². The van der Waals surface area contributed by atoms with Crippen molar-refractivity contribution >= 4 is 18.0 Å². The van der Waals surface area contributed by atoms with Gasteiger partial charge in [-0.3, -0.25) is 4.72 Å². The Hall–Kier alpha value is -1.16. The minimum atomic E-state index is -0.477. The molecule has 0 unspecified atom stereocenters. The fourth-order valence-corrected chi connectivity index (χ4v) is 1.65. The summed E-state index contributed by atoms with van der Waals surface area (Å²) in [4.78, 5) is 10.3. The number of aryl methyl sites for hydroxylation is 1. The van der Waals surface area contributed by atoms with Crippen LogP contribution in [0.3, 0.4) is 0 Å². The molecule has 0 aromatic heterocycles. The molecule has 14 heavy (non-hydrogen) atoms. The standard InChI is InChI=1S/C10H14N2OS/c11-10(13)12-14-8-4-7-9-5-2-1-3-6-9/h1-3,5-6H,4,7-8H2,(H3,11,12,13). The summed E-state index contributed by atoms with van der Waals surface area (Å²) >= 11 is 1.36. The van der Waals surface area contributed by atoms with Crippen molar-refractivity contribution in [2.45, 2.75) is 12.8 Å². The van der Waals surface area contributed by atoms with E-state index in [1.165, 1.54) is 17.5 Å². The van der Waals surface area contributed by atoms with Gasteiger partial charge in [0.25, 0.3) is 0 Å². The minimum Gasteiger partial charge on any atom is -0.351 e. The third kappa shape index (κ3) is 4.77. The van der Waals surface area contributed by atoms with Crippen molar-refractivity contribution < 1.29 is 4.79 Å². The average Bonchev–Trinajstić information content (AvgIpc) is 2.18. The van der Waals surface area contributed by atoms with Crippen molar-refractivity contribution in [3.63, 3.8) is 0 Å². The highest BCUT2D eigenvalue weighted by Gasteiger charge is 1.94. The van der Waals surface area contributed by atoms with Gasteiger partial charge in [0.2, 0.25) is 0 Å². The first-order valence-corrected chi connectivity index (χ1v) is 5.49. The molecule has 3 N–H and O–H groups in total. The molecule has 0 atom stereocenters. The van der Waals surface area contributed by atoms with Gasteiger partial charge in [-0.15, -0.1) is 0 Å². The SMILES string of the molecule is NC(=O)NSCCCc1ccccc1. The number of primary amides is 1. The zero-order chi connectivity index (χ0) is 10.2. The highest BCUT2D eigenvalue weighted by atomic mass is 32.2. The number of nitrogens with two attached hydrogens (primary N) is 1. The van der Waals surface area contributed by atoms with Crippen LogP contribution in [-0.4, -0.2) is 11.8 Å². The van der Waals surface area contributed by atoms with Crippen LogP contribution in [0.2, 0.25) is 0 Å². The van der Waals surface area contributed by atoms with Gasteiger partial charge in [-0.1, -0.05) is 30.3 Å². The maximum atomic E-state index is 10.3. The molecular weight excluding hydrogens is 196 g/mol. The number of hydrogen-bond acceptors (Lipinski definition) is 2. The lowest BCUT2D eigenvalue weighted by molar-refractivity contribution is 0.254. The zero-order valence-electron chi connectivity index (χ0n) is 7.90. The number of urea groups is 1. The second-order valence-electron chi connectivity index (χ2n) is 2.90. The monoisotopic (exact) mass is 210 g/mol. The first kappa shape index (κ1) is 10.9. The van der Waals surface area contributed by atoms with E-state index in [4.69, 9.17) is 5.73 Å². The van der Waals surface area contributed by atoms with Gasteiger partial charge in [-0.2, -0.15) is 0 Å². The number of carbonyl (C=O) groups excluding carboxylic acids is 1. The number of amides is 2. The predicted molar refractivity (Wildman–Crippen MR) is 59.9 cm³/mol. The summed E-state index contributed by atoms with van der Waals surface area (Å²) in [5.74, 6) is 0.887. The minimum absolute atomic E-state index is 0.477. The summed E-state index contributed by atoms with van der Waals surface area (Å²) in [6, 6.07) is 9.80. The number of rotatable bonds is 5. The molecule has 0 saturated carbocycles. The van der Waals surface area contributed by atoms with Gasteiger partial charge in [0, 0.05) is 5.75 Å². The van der Waals surface area contributed by atoms with Gasteiger partial charge in [0.1, 0.15) is 0 Å². The Morgan fingerprint density at radius 3 is 2.71 bits per heavy atom. The number of nitrogens with one attached hydrogen (secondary N) is 1.